The third-order valence-corrected chi connectivity index (χ3v) is 4.87. The van der Waals surface area contributed by atoms with Crippen LogP contribution in [-0.4, -0.2) is 54.7 Å². The first-order chi connectivity index (χ1) is 14.9. The molecule has 0 aliphatic carbocycles. The van der Waals surface area contributed by atoms with E-state index >= 15 is 0 Å². The molecule has 2 N–H and O–H groups in total. The Morgan fingerprint density at radius 3 is 2.34 bits per heavy atom. The standard InChI is InChI=1S/C18H20N4O9S/c1-5-29-12(23)8-30-16-14(22(25)26)17(21-18(20-16)32(4,27)28)31-11-7-6-9(2)13(10(11)3)15(19)24/h6-7H,5,8H2,1-4H3,(H2,19,24). The minimum absolute atomic E-state index is 0.0336. The van der Waals surface area contributed by atoms with Crippen LogP contribution in [-0.2, 0) is 19.4 Å². The molecule has 0 atom stereocenters. The van der Waals surface area contributed by atoms with Gasteiger partial charge in [-0.2, -0.15) is 9.97 Å². The van der Waals surface area contributed by atoms with Crippen molar-refractivity contribution in [2.45, 2.75) is 25.9 Å². The van der Waals surface area contributed by atoms with Crippen LogP contribution in [0, 0.1) is 24.0 Å². The van der Waals surface area contributed by atoms with Gasteiger partial charge in [0.1, 0.15) is 5.75 Å². The number of aromatic nitrogens is 2. The highest BCUT2D eigenvalue weighted by atomic mass is 32.2. The van der Waals surface area contributed by atoms with Crippen molar-refractivity contribution < 1.29 is 37.1 Å². The van der Waals surface area contributed by atoms with Crippen molar-refractivity contribution >= 4 is 27.4 Å². The number of benzene rings is 1. The highest BCUT2D eigenvalue weighted by Crippen LogP contribution is 2.38. The highest BCUT2D eigenvalue weighted by molar-refractivity contribution is 7.90. The predicted molar refractivity (Wildman–Crippen MR) is 108 cm³/mol. The van der Waals surface area contributed by atoms with E-state index in [4.69, 9.17) is 15.2 Å². The van der Waals surface area contributed by atoms with Gasteiger partial charge in [0.15, 0.2) is 6.61 Å². The molecule has 2 aromatic rings. The topological polar surface area (TPSA) is 191 Å². The Bertz CT molecular complexity index is 1200. The lowest BCUT2D eigenvalue weighted by Crippen LogP contribution is -2.17. The summed E-state index contributed by atoms with van der Waals surface area (Å²) in [6.07, 6.45) is 0.773. The summed E-state index contributed by atoms with van der Waals surface area (Å²) in [5, 5.41) is 10.9. The van der Waals surface area contributed by atoms with Gasteiger partial charge in [-0.1, -0.05) is 6.07 Å². The molecule has 0 spiro atoms. The molecule has 1 amide bonds. The molecule has 0 saturated carbocycles. The summed E-state index contributed by atoms with van der Waals surface area (Å²) in [4.78, 5) is 41.3. The van der Waals surface area contributed by atoms with E-state index in [1.165, 1.54) is 19.1 Å². The Kier molecular flexibility index (Phi) is 7.30. The Morgan fingerprint density at radius 2 is 1.81 bits per heavy atom. The number of carbonyl (C=O) groups excluding carboxylic acids is 2. The second kappa shape index (κ2) is 9.55. The third-order valence-electron chi connectivity index (χ3n) is 4.02. The van der Waals surface area contributed by atoms with Gasteiger partial charge < -0.3 is 19.9 Å². The van der Waals surface area contributed by atoms with Gasteiger partial charge in [0.25, 0.3) is 5.16 Å². The second-order valence-corrected chi connectivity index (χ2v) is 8.34. The molecule has 0 aliphatic rings. The maximum atomic E-state index is 12.0. The van der Waals surface area contributed by atoms with E-state index < -0.39 is 55.8 Å². The highest BCUT2D eigenvalue weighted by Gasteiger charge is 2.32. The van der Waals surface area contributed by atoms with Crippen LogP contribution in [0.1, 0.15) is 28.4 Å². The lowest BCUT2D eigenvalue weighted by Gasteiger charge is -2.14. The Hall–Kier alpha value is -3.81. The summed E-state index contributed by atoms with van der Waals surface area (Å²) < 4.78 is 39.3. The van der Waals surface area contributed by atoms with Crippen molar-refractivity contribution in [3.05, 3.63) is 38.9 Å². The number of carbonyl (C=O) groups is 2. The van der Waals surface area contributed by atoms with Gasteiger partial charge in [0.2, 0.25) is 15.7 Å². The fraction of sp³-hybridized carbons (Fsp3) is 0.333. The molecule has 172 valence electrons. The Labute approximate surface area is 182 Å². The number of sulfone groups is 1. The number of aryl methyl sites for hydroxylation is 1. The van der Waals surface area contributed by atoms with E-state index in [9.17, 15) is 28.1 Å². The first kappa shape index (κ1) is 24.5. The zero-order valence-corrected chi connectivity index (χ0v) is 18.4. The largest absolute Gasteiger partial charge is 0.463 e. The molecule has 14 heteroatoms. The molecule has 0 fully saturated rings. The molecule has 0 unspecified atom stereocenters. The number of nitrogens with two attached hydrogens (primary N) is 1. The number of amides is 1. The van der Waals surface area contributed by atoms with Crippen LogP contribution < -0.4 is 15.2 Å². The number of ether oxygens (including phenoxy) is 3. The van der Waals surface area contributed by atoms with Gasteiger partial charge >= 0.3 is 23.4 Å². The Balaban J connectivity index is 2.67. The number of hydrogen-bond acceptors (Lipinski definition) is 11. The van der Waals surface area contributed by atoms with E-state index in [0.717, 1.165) is 6.26 Å². The van der Waals surface area contributed by atoms with E-state index in [1.807, 2.05) is 0 Å². The fourth-order valence-corrected chi connectivity index (χ4v) is 3.14. The summed E-state index contributed by atoms with van der Waals surface area (Å²) in [5.41, 5.74) is 5.37. The summed E-state index contributed by atoms with van der Waals surface area (Å²) in [6.45, 7) is 3.93. The first-order valence-corrected chi connectivity index (χ1v) is 10.9. The van der Waals surface area contributed by atoms with Crippen LogP contribution in [0.4, 0.5) is 5.69 Å². The normalized spacial score (nSPS) is 11.0. The molecule has 1 aromatic carbocycles. The van der Waals surface area contributed by atoms with Crippen molar-refractivity contribution in [1.29, 1.82) is 0 Å². The summed E-state index contributed by atoms with van der Waals surface area (Å²) in [7, 11) is -4.06. The van der Waals surface area contributed by atoms with Gasteiger partial charge in [0.05, 0.1) is 11.5 Å². The molecule has 1 heterocycles. The average Bonchev–Trinajstić information content (AvgIpc) is 2.67. The molecule has 0 aliphatic heterocycles. The summed E-state index contributed by atoms with van der Waals surface area (Å²) >= 11 is 0. The number of nitro groups is 1. The van der Waals surface area contributed by atoms with E-state index in [2.05, 4.69) is 14.7 Å². The number of esters is 1. The molecule has 32 heavy (non-hydrogen) atoms. The minimum Gasteiger partial charge on any atom is -0.463 e. The van der Waals surface area contributed by atoms with E-state index in [-0.39, 0.29) is 23.5 Å². The minimum atomic E-state index is -4.06. The molecule has 0 radical (unpaired) electrons. The predicted octanol–water partition coefficient (Wildman–Crippen LogP) is 1.24. The number of primary amides is 1. The zero-order valence-electron chi connectivity index (χ0n) is 17.6. The number of nitrogens with zero attached hydrogens (tertiary/aromatic N) is 3. The van der Waals surface area contributed by atoms with Crippen molar-refractivity contribution in [3.8, 4) is 17.5 Å². The van der Waals surface area contributed by atoms with Crippen LogP contribution in [0.15, 0.2) is 17.3 Å². The van der Waals surface area contributed by atoms with Crippen molar-refractivity contribution in [2.24, 2.45) is 5.73 Å². The van der Waals surface area contributed by atoms with Crippen LogP contribution in [0.25, 0.3) is 0 Å². The summed E-state index contributed by atoms with van der Waals surface area (Å²) in [5.74, 6) is -3.23. The lowest BCUT2D eigenvalue weighted by atomic mass is 10.0. The van der Waals surface area contributed by atoms with E-state index in [0.29, 0.717) is 5.56 Å². The fourth-order valence-electron chi connectivity index (χ4n) is 2.64. The maximum absolute atomic E-state index is 12.0. The lowest BCUT2D eigenvalue weighted by molar-refractivity contribution is -0.387. The first-order valence-electron chi connectivity index (χ1n) is 8.99. The quantitative estimate of drug-likeness (QED) is 0.241. The Morgan fingerprint density at radius 1 is 1.19 bits per heavy atom. The van der Waals surface area contributed by atoms with E-state index in [1.54, 1.807) is 13.8 Å². The summed E-state index contributed by atoms with van der Waals surface area (Å²) in [6, 6.07) is 2.90. The van der Waals surface area contributed by atoms with Gasteiger partial charge in [-0.3, -0.25) is 14.9 Å². The monoisotopic (exact) mass is 468 g/mol. The zero-order chi connectivity index (χ0) is 24.2. The van der Waals surface area contributed by atoms with Gasteiger partial charge in [-0.25, -0.2) is 13.2 Å². The van der Waals surface area contributed by atoms with Gasteiger partial charge in [-0.15, -0.1) is 0 Å². The molecule has 2 rings (SSSR count). The smallest absolute Gasteiger partial charge is 0.392 e. The number of rotatable bonds is 9. The molecule has 0 saturated heterocycles. The molecular weight excluding hydrogens is 448 g/mol. The van der Waals surface area contributed by atoms with Gasteiger partial charge in [-0.05, 0) is 32.4 Å². The molecule has 0 bridgehead atoms. The maximum Gasteiger partial charge on any atom is 0.392 e. The average molecular weight is 468 g/mol. The molecular formula is C18H20N4O9S. The van der Waals surface area contributed by atoms with Crippen molar-refractivity contribution in [2.75, 3.05) is 19.5 Å². The second-order valence-electron chi connectivity index (χ2n) is 6.43. The SMILES string of the molecule is CCOC(=O)COc1nc(S(C)(=O)=O)nc(Oc2ccc(C)c(C(N)=O)c2C)c1[N+](=O)[O-]. The number of hydrogen-bond donors (Lipinski definition) is 1. The van der Waals surface area contributed by atoms with Gasteiger partial charge in [0, 0.05) is 17.4 Å². The van der Waals surface area contributed by atoms with Crippen molar-refractivity contribution in [3.63, 3.8) is 0 Å². The van der Waals surface area contributed by atoms with Crippen LogP contribution in [0.5, 0.6) is 17.5 Å². The van der Waals surface area contributed by atoms with Crippen LogP contribution >= 0.6 is 0 Å². The third kappa shape index (κ3) is 5.46. The van der Waals surface area contributed by atoms with Crippen LogP contribution in [0.3, 0.4) is 0 Å². The molecule has 1 aromatic heterocycles. The van der Waals surface area contributed by atoms with Crippen molar-refractivity contribution in [1.82, 2.24) is 9.97 Å². The van der Waals surface area contributed by atoms with Crippen LogP contribution in [0.2, 0.25) is 0 Å². The molecule has 13 nitrogen and oxygen atoms in total.